The Morgan fingerprint density at radius 3 is 1.36 bits per heavy atom. The van der Waals surface area contributed by atoms with E-state index in [1.807, 2.05) is 0 Å². The maximum Gasteiger partial charge on any atom is 0.00897 e. The fraction of sp³-hybridized carbons (Fsp3) is 1.00. The average Bonchev–Trinajstić information content (AvgIpc) is 2.00. The molecule has 0 bridgehead atoms. The molecular formula is C9H22BrN. The van der Waals surface area contributed by atoms with Gasteiger partial charge in [-0.25, -0.2) is 0 Å². The number of nitrogens with zero attached hydrogens (tertiary/aromatic N) is 1. The summed E-state index contributed by atoms with van der Waals surface area (Å²) >= 11 is 0. The predicted molar refractivity (Wildman–Crippen MR) is 57.6 cm³/mol. The zero-order valence-electron chi connectivity index (χ0n) is 8.26. The molecule has 11 heavy (non-hydrogen) atoms. The molecule has 2 heteroatoms. The van der Waals surface area contributed by atoms with Crippen LogP contribution in [-0.2, 0) is 0 Å². The first-order chi connectivity index (χ1) is 4.79. The Labute approximate surface area is 81.9 Å². The van der Waals surface area contributed by atoms with E-state index in [0.29, 0.717) is 0 Å². The molecule has 0 saturated carbocycles. The Bertz CT molecular complexity index is 58.0. The summed E-state index contributed by atoms with van der Waals surface area (Å²) in [6, 6.07) is 0.815. The maximum absolute atomic E-state index is 2.53. The molecule has 0 N–H and O–H groups in total. The first-order valence-electron chi connectivity index (χ1n) is 4.54. The quantitative estimate of drug-likeness (QED) is 0.693. The maximum atomic E-state index is 2.53. The van der Waals surface area contributed by atoms with Gasteiger partial charge in [-0.3, -0.25) is 0 Å². The van der Waals surface area contributed by atoms with E-state index < -0.39 is 0 Å². The third-order valence-electron chi connectivity index (χ3n) is 2.27. The van der Waals surface area contributed by atoms with Crippen molar-refractivity contribution in [2.75, 3.05) is 13.1 Å². The summed E-state index contributed by atoms with van der Waals surface area (Å²) in [6.07, 6.45) is 2.58. The van der Waals surface area contributed by atoms with Crippen molar-refractivity contribution in [1.29, 1.82) is 0 Å². The van der Waals surface area contributed by atoms with E-state index in [2.05, 4.69) is 32.6 Å². The molecule has 0 aliphatic carbocycles. The van der Waals surface area contributed by atoms with E-state index in [4.69, 9.17) is 0 Å². The summed E-state index contributed by atoms with van der Waals surface area (Å²) in [6.45, 7) is 11.4. The smallest absolute Gasteiger partial charge is 0.00897 e. The lowest BCUT2D eigenvalue weighted by atomic mass is 10.1. The molecule has 0 aromatic heterocycles. The summed E-state index contributed by atoms with van der Waals surface area (Å²) < 4.78 is 0. The van der Waals surface area contributed by atoms with Gasteiger partial charge in [0.15, 0.2) is 0 Å². The Hall–Kier alpha value is 0.440. The summed E-state index contributed by atoms with van der Waals surface area (Å²) in [4.78, 5) is 2.53. The first-order valence-corrected chi connectivity index (χ1v) is 4.54. The van der Waals surface area contributed by atoms with Gasteiger partial charge in [0.1, 0.15) is 0 Å². The first kappa shape index (κ1) is 14.0. The molecule has 0 aromatic rings. The summed E-state index contributed by atoms with van der Waals surface area (Å²) in [7, 11) is 0. The van der Waals surface area contributed by atoms with Gasteiger partial charge in [-0.15, -0.1) is 17.0 Å². The molecule has 0 aliphatic heterocycles. The van der Waals surface area contributed by atoms with Gasteiger partial charge >= 0.3 is 0 Å². The van der Waals surface area contributed by atoms with Crippen LogP contribution in [0.3, 0.4) is 0 Å². The molecule has 70 valence electrons. The molecule has 1 nitrogen and oxygen atoms in total. The Kier molecular flexibility index (Phi) is 10.9. The summed E-state index contributed by atoms with van der Waals surface area (Å²) in [5.41, 5.74) is 0. The number of halogens is 1. The number of hydrogen-bond donors (Lipinski definition) is 0. The van der Waals surface area contributed by atoms with Gasteiger partial charge in [0.05, 0.1) is 0 Å². The van der Waals surface area contributed by atoms with E-state index >= 15 is 0 Å². The van der Waals surface area contributed by atoms with Crippen LogP contribution in [0.4, 0.5) is 0 Å². The van der Waals surface area contributed by atoms with Gasteiger partial charge in [0.2, 0.25) is 0 Å². The number of rotatable bonds is 5. The third kappa shape index (κ3) is 4.81. The van der Waals surface area contributed by atoms with E-state index in [0.717, 1.165) is 6.04 Å². The molecular weight excluding hydrogens is 202 g/mol. The van der Waals surface area contributed by atoms with E-state index in [1.165, 1.54) is 25.9 Å². The largest absolute Gasteiger partial charge is 0.301 e. The molecule has 0 heterocycles. The van der Waals surface area contributed by atoms with Gasteiger partial charge in [0, 0.05) is 6.04 Å². The van der Waals surface area contributed by atoms with Gasteiger partial charge in [-0.1, -0.05) is 27.7 Å². The van der Waals surface area contributed by atoms with Gasteiger partial charge in [-0.05, 0) is 25.9 Å². The lowest BCUT2D eigenvalue weighted by molar-refractivity contribution is 0.206. The molecule has 0 atom stereocenters. The Morgan fingerprint density at radius 2 is 1.27 bits per heavy atom. The van der Waals surface area contributed by atoms with Crippen LogP contribution in [0.15, 0.2) is 0 Å². The molecule has 0 radical (unpaired) electrons. The SMILES string of the molecule is Br.CCC(CC)N(CC)CC. The third-order valence-corrected chi connectivity index (χ3v) is 2.27. The zero-order valence-corrected chi connectivity index (χ0v) is 9.97. The average molecular weight is 224 g/mol. The van der Waals surface area contributed by atoms with Crippen molar-refractivity contribution in [2.45, 2.75) is 46.6 Å². The molecule has 0 fully saturated rings. The van der Waals surface area contributed by atoms with Crippen LogP contribution in [0.5, 0.6) is 0 Å². The lowest BCUT2D eigenvalue weighted by Crippen LogP contribution is -2.33. The Morgan fingerprint density at radius 1 is 0.909 bits per heavy atom. The monoisotopic (exact) mass is 223 g/mol. The Balaban J connectivity index is 0. The lowest BCUT2D eigenvalue weighted by Gasteiger charge is -2.27. The van der Waals surface area contributed by atoms with E-state index in [1.54, 1.807) is 0 Å². The second-order valence-electron chi connectivity index (χ2n) is 2.69. The van der Waals surface area contributed by atoms with Gasteiger partial charge in [-0.2, -0.15) is 0 Å². The standard InChI is InChI=1S/C9H21N.BrH/c1-5-9(6-2)10(7-3)8-4;/h9H,5-8H2,1-4H3;1H. The van der Waals surface area contributed by atoms with E-state index in [9.17, 15) is 0 Å². The molecule has 0 aliphatic rings. The minimum Gasteiger partial charge on any atom is -0.301 e. The van der Waals surface area contributed by atoms with Crippen molar-refractivity contribution in [1.82, 2.24) is 4.90 Å². The molecule has 0 saturated heterocycles. The predicted octanol–water partition coefficient (Wildman–Crippen LogP) is 3.09. The normalized spacial score (nSPS) is 10.4. The van der Waals surface area contributed by atoms with Crippen molar-refractivity contribution in [2.24, 2.45) is 0 Å². The van der Waals surface area contributed by atoms with Crippen LogP contribution in [0.25, 0.3) is 0 Å². The molecule has 0 spiro atoms. The van der Waals surface area contributed by atoms with Crippen molar-refractivity contribution in [3.8, 4) is 0 Å². The summed E-state index contributed by atoms with van der Waals surface area (Å²) in [5, 5.41) is 0. The molecule has 0 amide bonds. The van der Waals surface area contributed by atoms with E-state index in [-0.39, 0.29) is 17.0 Å². The highest BCUT2D eigenvalue weighted by Crippen LogP contribution is 2.06. The summed E-state index contributed by atoms with van der Waals surface area (Å²) in [5.74, 6) is 0. The second kappa shape index (κ2) is 8.54. The number of hydrogen-bond acceptors (Lipinski definition) is 1. The van der Waals surface area contributed by atoms with Crippen molar-refractivity contribution in [3.05, 3.63) is 0 Å². The zero-order chi connectivity index (χ0) is 7.98. The highest BCUT2D eigenvalue weighted by molar-refractivity contribution is 8.93. The highest BCUT2D eigenvalue weighted by Gasteiger charge is 2.09. The fourth-order valence-corrected chi connectivity index (χ4v) is 1.55. The fourth-order valence-electron chi connectivity index (χ4n) is 1.55. The molecule has 0 unspecified atom stereocenters. The van der Waals surface area contributed by atoms with Crippen LogP contribution in [0.1, 0.15) is 40.5 Å². The highest BCUT2D eigenvalue weighted by atomic mass is 79.9. The van der Waals surface area contributed by atoms with Crippen LogP contribution in [0.2, 0.25) is 0 Å². The van der Waals surface area contributed by atoms with Crippen molar-refractivity contribution < 1.29 is 0 Å². The van der Waals surface area contributed by atoms with Crippen LogP contribution in [0, 0.1) is 0 Å². The minimum atomic E-state index is 0. The van der Waals surface area contributed by atoms with Crippen LogP contribution < -0.4 is 0 Å². The molecule has 0 rings (SSSR count). The van der Waals surface area contributed by atoms with Crippen molar-refractivity contribution >= 4 is 17.0 Å². The van der Waals surface area contributed by atoms with Gasteiger partial charge in [0.25, 0.3) is 0 Å². The van der Waals surface area contributed by atoms with Gasteiger partial charge < -0.3 is 4.90 Å². The topological polar surface area (TPSA) is 3.24 Å². The van der Waals surface area contributed by atoms with Crippen molar-refractivity contribution in [3.63, 3.8) is 0 Å². The molecule has 0 aromatic carbocycles. The van der Waals surface area contributed by atoms with Crippen LogP contribution >= 0.6 is 17.0 Å². The minimum absolute atomic E-state index is 0. The second-order valence-corrected chi connectivity index (χ2v) is 2.69. The van der Waals surface area contributed by atoms with Crippen LogP contribution in [-0.4, -0.2) is 24.0 Å².